The fourth-order valence-corrected chi connectivity index (χ4v) is 1.99. The number of hydrazine groups is 1. The van der Waals surface area contributed by atoms with E-state index >= 15 is 0 Å². The Morgan fingerprint density at radius 2 is 1.43 bits per heavy atom. The van der Waals surface area contributed by atoms with Crippen LogP contribution < -0.4 is 16.2 Å². The molecule has 28 heavy (non-hydrogen) atoms. The van der Waals surface area contributed by atoms with Crippen molar-refractivity contribution in [1.29, 1.82) is 0 Å². The number of amides is 3. The number of ether oxygens (including phenoxy) is 1. The normalized spacial score (nSPS) is 9.93. The number of hydrogen-bond acceptors (Lipinski definition) is 5. The summed E-state index contributed by atoms with van der Waals surface area (Å²) in [5, 5.41) is 2.37. The largest absolute Gasteiger partial charge is 0.454 e. The van der Waals surface area contributed by atoms with Crippen LogP contribution in [0.1, 0.15) is 26.3 Å². The predicted octanol–water partition coefficient (Wildman–Crippen LogP) is 0.868. The SMILES string of the molecule is Cc1ccc(C(=O)NCC(=O)OCC(=O)NNC(=O)c2ccc(F)cc2)cc1. The Hall–Kier alpha value is -3.75. The number of carbonyl (C=O) groups is 4. The lowest BCUT2D eigenvalue weighted by atomic mass is 10.1. The van der Waals surface area contributed by atoms with Crippen molar-refractivity contribution in [3.8, 4) is 0 Å². The van der Waals surface area contributed by atoms with E-state index in [1.165, 1.54) is 12.1 Å². The molecule has 0 saturated heterocycles. The van der Waals surface area contributed by atoms with Gasteiger partial charge in [-0.25, -0.2) is 4.39 Å². The van der Waals surface area contributed by atoms with Crippen LogP contribution in [0.3, 0.4) is 0 Å². The highest BCUT2D eigenvalue weighted by molar-refractivity contribution is 5.96. The molecule has 0 aliphatic carbocycles. The van der Waals surface area contributed by atoms with Gasteiger partial charge in [0.05, 0.1) is 0 Å². The van der Waals surface area contributed by atoms with Crippen LogP contribution in [-0.2, 0) is 14.3 Å². The summed E-state index contributed by atoms with van der Waals surface area (Å²) >= 11 is 0. The van der Waals surface area contributed by atoms with Crippen LogP contribution in [0.4, 0.5) is 4.39 Å². The molecule has 2 aromatic rings. The van der Waals surface area contributed by atoms with E-state index in [1.807, 2.05) is 6.92 Å². The van der Waals surface area contributed by atoms with E-state index in [1.54, 1.807) is 24.3 Å². The summed E-state index contributed by atoms with van der Waals surface area (Å²) in [5.41, 5.74) is 5.67. The van der Waals surface area contributed by atoms with Crippen LogP contribution in [-0.4, -0.2) is 36.8 Å². The van der Waals surface area contributed by atoms with Crippen molar-refractivity contribution >= 4 is 23.7 Å². The first-order chi connectivity index (χ1) is 13.3. The molecule has 0 heterocycles. The van der Waals surface area contributed by atoms with Crippen LogP contribution in [0, 0.1) is 12.7 Å². The Kier molecular flexibility index (Phi) is 7.21. The number of aryl methyl sites for hydroxylation is 1. The summed E-state index contributed by atoms with van der Waals surface area (Å²) in [6, 6.07) is 11.4. The van der Waals surface area contributed by atoms with E-state index in [4.69, 9.17) is 4.74 Å². The second-order valence-electron chi connectivity index (χ2n) is 5.72. The molecule has 0 radical (unpaired) electrons. The topological polar surface area (TPSA) is 114 Å². The second-order valence-corrected chi connectivity index (χ2v) is 5.72. The summed E-state index contributed by atoms with van der Waals surface area (Å²) in [6.45, 7) is 0.817. The molecule has 0 spiro atoms. The lowest BCUT2D eigenvalue weighted by Gasteiger charge is -2.09. The quantitative estimate of drug-likeness (QED) is 0.503. The molecule has 0 aromatic heterocycles. The third-order valence-corrected chi connectivity index (χ3v) is 3.49. The number of rotatable bonds is 6. The number of hydrogen-bond donors (Lipinski definition) is 3. The first-order valence-electron chi connectivity index (χ1n) is 8.20. The molecule has 8 nitrogen and oxygen atoms in total. The monoisotopic (exact) mass is 387 g/mol. The second kappa shape index (κ2) is 9.81. The van der Waals surface area contributed by atoms with Crippen molar-refractivity contribution in [2.45, 2.75) is 6.92 Å². The zero-order valence-corrected chi connectivity index (χ0v) is 15.0. The predicted molar refractivity (Wildman–Crippen MR) is 96.5 cm³/mol. The Bertz CT molecular complexity index is 793. The molecule has 0 aliphatic heterocycles. The fourth-order valence-electron chi connectivity index (χ4n) is 1.99. The fraction of sp³-hybridized carbons (Fsp3) is 0.158. The van der Waals surface area contributed by atoms with Gasteiger partial charge in [0.2, 0.25) is 0 Å². The molecule has 0 bridgehead atoms. The highest BCUT2D eigenvalue weighted by Crippen LogP contribution is 2.03. The number of benzene rings is 2. The van der Waals surface area contributed by atoms with Crippen LogP contribution in [0.2, 0.25) is 0 Å². The molecule has 0 atom stereocenters. The zero-order chi connectivity index (χ0) is 20.5. The number of esters is 1. The Labute approximate surface area is 160 Å². The van der Waals surface area contributed by atoms with E-state index in [0.29, 0.717) is 5.56 Å². The van der Waals surface area contributed by atoms with Crippen molar-refractivity contribution in [3.63, 3.8) is 0 Å². The van der Waals surface area contributed by atoms with E-state index in [-0.39, 0.29) is 5.56 Å². The van der Waals surface area contributed by atoms with E-state index in [9.17, 15) is 23.6 Å². The molecule has 3 amide bonds. The lowest BCUT2D eigenvalue weighted by molar-refractivity contribution is -0.147. The van der Waals surface area contributed by atoms with E-state index < -0.39 is 42.7 Å². The van der Waals surface area contributed by atoms with Crippen molar-refractivity contribution < 1.29 is 28.3 Å². The average Bonchev–Trinajstić information content (AvgIpc) is 2.69. The molecular weight excluding hydrogens is 369 g/mol. The van der Waals surface area contributed by atoms with Gasteiger partial charge in [0.25, 0.3) is 17.7 Å². The maximum atomic E-state index is 12.8. The molecule has 9 heteroatoms. The van der Waals surface area contributed by atoms with Crippen LogP contribution in [0.25, 0.3) is 0 Å². The third kappa shape index (κ3) is 6.52. The minimum atomic E-state index is -0.819. The van der Waals surface area contributed by atoms with Gasteiger partial charge in [0, 0.05) is 11.1 Å². The average molecular weight is 387 g/mol. The minimum Gasteiger partial charge on any atom is -0.454 e. The molecule has 0 fully saturated rings. The van der Waals surface area contributed by atoms with E-state index in [0.717, 1.165) is 17.7 Å². The first-order valence-corrected chi connectivity index (χ1v) is 8.20. The van der Waals surface area contributed by atoms with Crippen LogP contribution in [0.15, 0.2) is 48.5 Å². The number of nitrogens with one attached hydrogen (secondary N) is 3. The molecule has 146 valence electrons. The summed E-state index contributed by atoms with van der Waals surface area (Å²) in [5.74, 6) is -3.21. The smallest absolute Gasteiger partial charge is 0.325 e. The third-order valence-electron chi connectivity index (χ3n) is 3.49. The van der Waals surface area contributed by atoms with Crippen LogP contribution in [0.5, 0.6) is 0 Å². The van der Waals surface area contributed by atoms with Gasteiger partial charge in [-0.15, -0.1) is 0 Å². The number of halogens is 1. The van der Waals surface area contributed by atoms with Crippen molar-refractivity contribution in [1.82, 2.24) is 16.2 Å². The summed E-state index contributed by atoms with van der Waals surface area (Å²) < 4.78 is 17.5. The van der Waals surface area contributed by atoms with Crippen molar-refractivity contribution in [2.24, 2.45) is 0 Å². The summed E-state index contributed by atoms with van der Waals surface area (Å²) in [7, 11) is 0. The zero-order valence-electron chi connectivity index (χ0n) is 15.0. The molecule has 3 N–H and O–H groups in total. The van der Waals surface area contributed by atoms with E-state index in [2.05, 4.69) is 16.2 Å². The maximum Gasteiger partial charge on any atom is 0.325 e. The highest BCUT2D eigenvalue weighted by atomic mass is 19.1. The standard InChI is InChI=1S/C19H18FN3O5/c1-12-2-4-13(5-3-12)18(26)21-10-17(25)28-11-16(24)22-23-19(27)14-6-8-15(20)9-7-14/h2-9H,10-11H2,1H3,(H,21,26)(H,22,24)(H,23,27). The molecule has 0 unspecified atom stereocenters. The number of carbonyl (C=O) groups excluding carboxylic acids is 4. The van der Waals surface area contributed by atoms with Crippen LogP contribution >= 0.6 is 0 Å². The maximum absolute atomic E-state index is 12.8. The molecular formula is C19H18FN3O5. The van der Waals surface area contributed by atoms with Gasteiger partial charge in [0.15, 0.2) is 6.61 Å². The first kappa shape index (κ1) is 20.6. The summed E-state index contributed by atoms with van der Waals surface area (Å²) in [6.07, 6.45) is 0. The Morgan fingerprint density at radius 3 is 2.07 bits per heavy atom. The van der Waals surface area contributed by atoms with Crippen molar-refractivity contribution in [2.75, 3.05) is 13.2 Å². The minimum absolute atomic E-state index is 0.137. The van der Waals surface area contributed by atoms with Gasteiger partial charge in [-0.1, -0.05) is 17.7 Å². The van der Waals surface area contributed by atoms with Gasteiger partial charge < -0.3 is 10.1 Å². The van der Waals surface area contributed by atoms with Gasteiger partial charge in [-0.2, -0.15) is 0 Å². The molecule has 0 saturated carbocycles. The lowest BCUT2D eigenvalue weighted by Crippen LogP contribution is -2.44. The Morgan fingerprint density at radius 1 is 0.857 bits per heavy atom. The van der Waals surface area contributed by atoms with Gasteiger partial charge in [-0.3, -0.25) is 30.0 Å². The Balaban J connectivity index is 1.67. The van der Waals surface area contributed by atoms with Gasteiger partial charge >= 0.3 is 5.97 Å². The van der Waals surface area contributed by atoms with Gasteiger partial charge in [-0.05, 0) is 43.3 Å². The molecule has 2 aromatic carbocycles. The van der Waals surface area contributed by atoms with Gasteiger partial charge in [0.1, 0.15) is 12.4 Å². The highest BCUT2D eigenvalue weighted by Gasteiger charge is 2.12. The molecule has 2 rings (SSSR count). The molecule has 0 aliphatic rings. The summed E-state index contributed by atoms with van der Waals surface area (Å²) in [4.78, 5) is 46.8. The van der Waals surface area contributed by atoms with Crippen molar-refractivity contribution in [3.05, 3.63) is 71.0 Å².